The van der Waals surface area contributed by atoms with Crippen molar-refractivity contribution in [1.29, 1.82) is 0 Å². The van der Waals surface area contributed by atoms with E-state index >= 15 is 0 Å². The molecule has 5 atom stereocenters. The van der Waals surface area contributed by atoms with Gasteiger partial charge < -0.3 is 33.8 Å². The molecule has 3 N–H and O–H groups in total. The number of aliphatic hydroxyl groups excluding tert-OH is 1. The Hall–Kier alpha value is -1.94. The maximum absolute atomic E-state index is 13.1. The van der Waals surface area contributed by atoms with Gasteiger partial charge in [-0.3, -0.25) is 37.3 Å². The fourth-order valence-electron chi connectivity index (χ4n) is 11.8. The quantitative estimate of drug-likeness (QED) is 0.0222. The normalized spacial score (nSPS) is 14.0. The van der Waals surface area contributed by atoms with E-state index in [1.54, 1.807) is 0 Å². The van der Waals surface area contributed by atoms with Crippen LogP contribution in [0.5, 0.6) is 0 Å². The number of carbonyl (C=O) groups excluding carboxylic acids is 4. The van der Waals surface area contributed by atoms with E-state index in [9.17, 15) is 43.2 Å². The molecule has 0 amide bonds. The lowest BCUT2D eigenvalue weighted by Crippen LogP contribution is -2.30. The molecule has 0 aromatic heterocycles. The van der Waals surface area contributed by atoms with Gasteiger partial charge in [-0.2, -0.15) is 0 Å². The number of hydrogen-bond acceptors (Lipinski definition) is 15. The van der Waals surface area contributed by atoms with Crippen molar-refractivity contribution in [2.75, 3.05) is 39.6 Å². The van der Waals surface area contributed by atoms with E-state index in [0.29, 0.717) is 25.7 Å². The number of unbranched alkanes of at least 4 members (excludes halogenated alkanes) is 46. The average molecular weight is 1410 g/mol. The van der Waals surface area contributed by atoms with Gasteiger partial charge in [-0.25, -0.2) is 9.13 Å². The Bertz CT molecular complexity index is 1860. The Morgan fingerprint density at radius 1 is 0.281 bits per heavy atom. The zero-order chi connectivity index (χ0) is 70.7. The summed E-state index contributed by atoms with van der Waals surface area (Å²) in [6.07, 6.45) is 57.0. The molecule has 0 saturated heterocycles. The first-order valence-corrected chi connectivity index (χ1v) is 43.0. The van der Waals surface area contributed by atoms with E-state index in [4.69, 9.17) is 37.0 Å². The van der Waals surface area contributed by atoms with Crippen LogP contribution >= 0.6 is 15.6 Å². The van der Waals surface area contributed by atoms with Gasteiger partial charge in [-0.15, -0.1) is 0 Å². The predicted octanol–water partition coefficient (Wildman–Crippen LogP) is 22.7. The third-order valence-electron chi connectivity index (χ3n) is 18.0. The van der Waals surface area contributed by atoms with E-state index in [-0.39, 0.29) is 25.7 Å². The van der Waals surface area contributed by atoms with Gasteiger partial charge in [0, 0.05) is 25.7 Å². The maximum Gasteiger partial charge on any atom is 0.472 e. The van der Waals surface area contributed by atoms with Gasteiger partial charge in [-0.05, 0) is 37.5 Å². The summed E-state index contributed by atoms with van der Waals surface area (Å²) in [5.41, 5.74) is 0. The first-order chi connectivity index (χ1) is 46.4. The van der Waals surface area contributed by atoms with Gasteiger partial charge in [0.2, 0.25) is 0 Å². The number of hydrogen-bond donors (Lipinski definition) is 3. The highest BCUT2D eigenvalue weighted by atomic mass is 31.2. The smallest absolute Gasteiger partial charge is 0.462 e. The molecule has 0 bridgehead atoms. The van der Waals surface area contributed by atoms with Crippen LogP contribution in [0, 0.1) is 11.8 Å². The highest BCUT2D eigenvalue weighted by Gasteiger charge is 2.30. The molecule has 0 spiro atoms. The predicted molar refractivity (Wildman–Crippen MR) is 391 cm³/mol. The molecule has 0 saturated carbocycles. The van der Waals surface area contributed by atoms with Crippen LogP contribution in [-0.4, -0.2) is 96.7 Å². The summed E-state index contributed by atoms with van der Waals surface area (Å²) in [6.45, 7) is 9.61. The molecule has 0 fully saturated rings. The van der Waals surface area contributed by atoms with Crippen LogP contribution in [0.1, 0.15) is 401 Å². The van der Waals surface area contributed by atoms with Crippen molar-refractivity contribution in [3.63, 3.8) is 0 Å². The first-order valence-electron chi connectivity index (χ1n) is 40.0. The second-order valence-electron chi connectivity index (χ2n) is 28.7. The van der Waals surface area contributed by atoms with E-state index < -0.39 is 97.5 Å². The fourth-order valence-corrected chi connectivity index (χ4v) is 13.4. The van der Waals surface area contributed by atoms with Gasteiger partial charge in [-0.1, -0.05) is 350 Å². The third-order valence-corrected chi connectivity index (χ3v) is 19.9. The molecule has 570 valence electrons. The Morgan fingerprint density at radius 3 is 0.708 bits per heavy atom. The van der Waals surface area contributed by atoms with E-state index in [0.717, 1.165) is 115 Å². The third kappa shape index (κ3) is 70.5. The van der Waals surface area contributed by atoms with Crippen LogP contribution in [0.4, 0.5) is 0 Å². The SMILES string of the molecule is CCCCCCCCCCCCCCCCC(=O)O[C@H](COC(=O)CCCCCCCCC)COP(=O)(O)OC[C@H](O)COP(=O)(O)OC[C@@H](COC(=O)CCCCCCCCCCCCCC(C)C)OC(=O)CCCCCCCCCCCCCCCCCCCCC(C)C. The molecule has 0 aliphatic carbocycles. The van der Waals surface area contributed by atoms with Crippen LogP contribution in [0.25, 0.3) is 0 Å². The first kappa shape index (κ1) is 94.1. The molecule has 2 unspecified atom stereocenters. The van der Waals surface area contributed by atoms with Crippen molar-refractivity contribution in [3.05, 3.63) is 0 Å². The van der Waals surface area contributed by atoms with Gasteiger partial charge in [0.25, 0.3) is 0 Å². The number of carbonyl (C=O) groups is 4. The van der Waals surface area contributed by atoms with Crippen molar-refractivity contribution in [3.8, 4) is 0 Å². The standard InChI is InChI=1S/C77H150O17P2/c1-7-9-11-13-15-16-17-18-26-31-37-43-49-55-61-76(81)93-72(65-87-74(79)59-53-47-39-14-12-10-8-2)67-91-95(83,84)89-63-71(78)64-90-96(85,86)92-68-73(66-88-75(80)60-54-48-42-36-33-28-30-35-41-46-52-58-70(5)6)94-77(82)62-56-50-44-38-32-27-24-22-20-19-21-23-25-29-34-40-45-51-57-69(3)4/h69-73,78H,7-68H2,1-6H3,(H,83,84)(H,85,86)/t71-,72+,73+/m0/s1. The second kappa shape index (κ2) is 68.8. The highest BCUT2D eigenvalue weighted by molar-refractivity contribution is 7.47. The lowest BCUT2D eigenvalue weighted by Gasteiger charge is -2.21. The Labute approximate surface area is 588 Å². The molecule has 0 radical (unpaired) electrons. The number of phosphoric ester groups is 2. The molecule has 17 nitrogen and oxygen atoms in total. The largest absolute Gasteiger partial charge is 0.472 e. The molecule has 0 aliphatic rings. The lowest BCUT2D eigenvalue weighted by molar-refractivity contribution is -0.161. The summed E-state index contributed by atoms with van der Waals surface area (Å²) in [5.74, 6) is -0.526. The van der Waals surface area contributed by atoms with Crippen molar-refractivity contribution in [1.82, 2.24) is 0 Å². The van der Waals surface area contributed by atoms with Crippen molar-refractivity contribution >= 4 is 39.5 Å². The number of esters is 4. The molecule has 0 aromatic carbocycles. The second-order valence-corrected chi connectivity index (χ2v) is 31.6. The maximum atomic E-state index is 13.1. The van der Waals surface area contributed by atoms with Crippen LogP contribution < -0.4 is 0 Å². The summed E-state index contributed by atoms with van der Waals surface area (Å²) in [6, 6.07) is 0. The van der Waals surface area contributed by atoms with Crippen molar-refractivity contribution in [2.24, 2.45) is 11.8 Å². The highest BCUT2D eigenvalue weighted by Crippen LogP contribution is 2.45. The van der Waals surface area contributed by atoms with Crippen LogP contribution in [0.15, 0.2) is 0 Å². The zero-order valence-corrected chi connectivity index (χ0v) is 64.5. The molecule has 19 heteroatoms. The zero-order valence-electron chi connectivity index (χ0n) is 62.7. The summed E-state index contributed by atoms with van der Waals surface area (Å²) < 4.78 is 68.4. The van der Waals surface area contributed by atoms with Gasteiger partial charge >= 0.3 is 39.5 Å². The Morgan fingerprint density at radius 2 is 0.479 bits per heavy atom. The van der Waals surface area contributed by atoms with Crippen molar-refractivity contribution in [2.45, 2.75) is 419 Å². The van der Waals surface area contributed by atoms with Gasteiger partial charge in [0.05, 0.1) is 26.4 Å². The number of rotatable bonds is 76. The topological polar surface area (TPSA) is 237 Å². The molecule has 0 aromatic rings. The Kier molecular flexibility index (Phi) is 67.4. The van der Waals surface area contributed by atoms with Crippen LogP contribution in [0.3, 0.4) is 0 Å². The number of phosphoric acid groups is 2. The molecule has 0 aliphatic heterocycles. The summed E-state index contributed by atoms with van der Waals surface area (Å²) >= 11 is 0. The molecule has 96 heavy (non-hydrogen) atoms. The lowest BCUT2D eigenvalue weighted by atomic mass is 10.0. The molecule has 0 rings (SSSR count). The van der Waals surface area contributed by atoms with Crippen LogP contribution in [-0.2, 0) is 65.4 Å². The van der Waals surface area contributed by atoms with E-state index in [1.807, 2.05) is 0 Å². The van der Waals surface area contributed by atoms with Gasteiger partial charge in [0.15, 0.2) is 12.2 Å². The summed E-state index contributed by atoms with van der Waals surface area (Å²) in [4.78, 5) is 72.7. The average Bonchev–Trinajstić information content (AvgIpc) is 1.49. The minimum absolute atomic E-state index is 0.108. The molecular weight excluding hydrogens is 1260 g/mol. The minimum atomic E-state index is -4.96. The van der Waals surface area contributed by atoms with E-state index in [2.05, 4.69) is 41.5 Å². The molecular formula is C77H150O17P2. The molecule has 0 heterocycles. The Balaban J connectivity index is 5.16. The fraction of sp³-hybridized carbons (Fsp3) is 0.948. The monoisotopic (exact) mass is 1410 g/mol. The van der Waals surface area contributed by atoms with Crippen LogP contribution in [0.2, 0.25) is 0 Å². The summed E-state index contributed by atoms with van der Waals surface area (Å²) in [5, 5.41) is 10.6. The number of ether oxygens (including phenoxy) is 4. The van der Waals surface area contributed by atoms with Crippen molar-refractivity contribution < 1.29 is 80.2 Å². The van der Waals surface area contributed by atoms with Gasteiger partial charge in [0.1, 0.15) is 19.3 Å². The summed E-state index contributed by atoms with van der Waals surface area (Å²) in [7, 11) is -9.91. The number of aliphatic hydroxyl groups is 1. The van der Waals surface area contributed by atoms with E-state index in [1.165, 1.54) is 205 Å². The minimum Gasteiger partial charge on any atom is -0.462 e.